The molecule has 14 heteroatoms. The number of carbonyl (C=O) groups is 6. The van der Waals surface area contributed by atoms with Gasteiger partial charge in [-0.25, -0.2) is 0 Å². The summed E-state index contributed by atoms with van der Waals surface area (Å²) in [5.74, 6) is -5.60. The summed E-state index contributed by atoms with van der Waals surface area (Å²) in [4.78, 5) is 74.5. The highest BCUT2D eigenvalue weighted by Gasteiger charge is 2.52. The van der Waals surface area contributed by atoms with E-state index in [0.29, 0.717) is 12.8 Å². The Morgan fingerprint density at radius 2 is 0.966 bits per heavy atom. The molecule has 0 aliphatic carbocycles. The van der Waals surface area contributed by atoms with E-state index in [-0.39, 0.29) is 12.8 Å². The number of unbranched alkanes of at least 4 members (excludes halogenated alkanes) is 17. The number of aliphatic hydroxyl groups is 1. The van der Waals surface area contributed by atoms with Gasteiger partial charge in [0.05, 0.1) is 32.3 Å². The van der Waals surface area contributed by atoms with Crippen LogP contribution in [-0.4, -0.2) is 88.3 Å². The standard InChI is InChI=1S/C45H75NO13/c1-3-5-7-9-11-13-15-16-17-19-20-22-24-26-28-36(48)46-42-44(58-39(53)29-27-25-23-21-18-14-12-10-8-6-4-2)43(57-40(54)32-30-37(49)50)35(34-47)56-45(42)59-41(55)33-31-38(51)52/h11,13,16-17,35,42-45,47H,3-10,12,14-15,18-34H2,1-2H3,(H,46,48)(H,49,50)(H,51,52)/b13-11-,17-16-/t35-,42-,43-,44-,45+/m1/s1. The van der Waals surface area contributed by atoms with Gasteiger partial charge in [0.2, 0.25) is 12.2 Å². The third-order valence-electron chi connectivity index (χ3n) is 10.1. The number of carboxylic acids is 2. The summed E-state index contributed by atoms with van der Waals surface area (Å²) < 4.78 is 22.7. The molecule has 1 saturated heterocycles. The van der Waals surface area contributed by atoms with Crippen LogP contribution in [0.15, 0.2) is 24.3 Å². The zero-order valence-corrected chi connectivity index (χ0v) is 35.9. The van der Waals surface area contributed by atoms with E-state index in [2.05, 4.69) is 43.5 Å². The summed E-state index contributed by atoms with van der Waals surface area (Å²) >= 11 is 0. The van der Waals surface area contributed by atoms with Crippen LogP contribution < -0.4 is 5.32 Å². The Balaban J connectivity index is 2.99. The maximum absolute atomic E-state index is 13.4. The molecule has 59 heavy (non-hydrogen) atoms. The summed E-state index contributed by atoms with van der Waals surface area (Å²) in [5.41, 5.74) is 0. The molecule has 4 N–H and O–H groups in total. The Kier molecular flexibility index (Phi) is 31.6. The highest BCUT2D eigenvalue weighted by molar-refractivity contribution is 5.78. The predicted octanol–water partition coefficient (Wildman–Crippen LogP) is 8.41. The van der Waals surface area contributed by atoms with Gasteiger partial charge in [0.15, 0.2) is 12.2 Å². The van der Waals surface area contributed by atoms with Crippen molar-refractivity contribution < 1.29 is 63.0 Å². The van der Waals surface area contributed by atoms with Crippen LogP contribution in [0.2, 0.25) is 0 Å². The molecular formula is C45H75NO13. The molecular weight excluding hydrogens is 762 g/mol. The van der Waals surface area contributed by atoms with Gasteiger partial charge in [-0.2, -0.15) is 0 Å². The molecule has 1 aliphatic heterocycles. The summed E-state index contributed by atoms with van der Waals surface area (Å²) in [6.45, 7) is 3.59. The lowest BCUT2D eigenvalue weighted by Crippen LogP contribution is -2.67. The first kappa shape index (κ1) is 53.2. The summed E-state index contributed by atoms with van der Waals surface area (Å²) in [5, 5.41) is 31.2. The molecule has 1 heterocycles. The normalized spacial score (nSPS) is 19.1. The SMILES string of the molecule is CCCCC/C=C\C/C=C\CCCCCCC(=O)N[C@H]1[C@H](OC(=O)CCC(=O)O)O[C@H](CO)[C@@H](OC(=O)CCC(=O)O)[C@@H]1OC(=O)CCCCCCCCCCCCC. The number of rotatable bonds is 36. The molecule has 1 aliphatic rings. The van der Waals surface area contributed by atoms with Crippen molar-refractivity contribution in [3.63, 3.8) is 0 Å². The molecule has 0 saturated carbocycles. The van der Waals surface area contributed by atoms with Crippen LogP contribution in [0.5, 0.6) is 0 Å². The van der Waals surface area contributed by atoms with Crippen LogP contribution in [-0.2, 0) is 47.7 Å². The van der Waals surface area contributed by atoms with Crippen LogP contribution in [0.4, 0.5) is 0 Å². The molecule has 5 atom stereocenters. The summed E-state index contributed by atoms with van der Waals surface area (Å²) in [6.07, 6.45) is 22.2. The number of hydrogen-bond donors (Lipinski definition) is 4. The smallest absolute Gasteiger partial charge is 0.308 e. The second kappa shape index (κ2) is 35.0. The van der Waals surface area contributed by atoms with Gasteiger partial charge in [-0.15, -0.1) is 0 Å². The molecule has 0 aromatic rings. The highest BCUT2D eigenvalue weighted by Crippen LogP contribution is 2.29. The molecule has 1 fully saturated rings. The topological polar surface area (TPSA) is 212 Å². The Bertz CT molecular complexity index is 1250. The minimum absolute atomic E-state index is 0.00646. The average Bonchev–Trinajstić information content (AvgIpc) is 3.20. The Labute approximate surface area is 352 Å². The Hall–Kier alpha value is -3.78. The fourth-order valence-electron chi connectivity index (χ4n) is 6.73. The Morgan fingerprint density at radius 1 is 0.525 bits per heavy atom. The number of hydrogen-bond acceptors (Lipinski definition) is 11. The molecule has 0 radical (unpaired) electrons. The summed E-state index contributed by atoms with van der Waals surface area (Å²) in [6, 6.07) is -1.41. The number of ether oxygens (including phenoxy) is 4. The van der Waals surface area contributed by atoms with Crippen LogP contribution >= 0.6 is 0 Å². The molecule has 0 aromatic carbocycles. The zero-order valence-electron chi connectivity index (χ0n) is 35.9. The van der Waals surface area contributed by atoms with Gasteiger partial charge >= 0.3 is 29.8 Å². The van der Waals surface area contributed by atoms with Crippen LogP contribution in [0, 0.1) is 0 Å². The maximum Gasteiger partial charge on any atom is 0.308 e. The molecule has 0 spiro atoms. The van der Waals surface area contributed by atoms with Crippen molar-refractivity contribution in [3.05, 3.63) is 24.3 Å². The molecule has 0 unspecified atom stereocenters. The lowest BCUT2D eigenvalue weighted by molar-refractivity contribution is -0.271. The van der Waals surface area contributed by atoms with Gasteiger partial charge in [-0.3, -0.25) is 28.8 Å². The number of carbonyl (C=O) groups excluding carboxylic acids is 4. The Morgan fingerprint density at radius 3 is 1.51 bits per heavy atom. The van der Waals surface area contributed by atoms with Gasteiger partial charge in [0.1, 0.15) is 12.1 Å². The lowest BCUT2D eigenvalue weighted by atomic mass is 9.95. The van der Waals surface area contributed by atoms with Crippen molar-refractivity contribution in [2.75, 3.05) is 6.61 Å². The van der Waals surface area contributed by atoms with Crippen LogP contribution in [0.3, 0.4) is 0 Å². The molecule has 0 bridgehead atoms. The van der Waals surface area contributed by atoms with E-state index in [1.54, 1.807) is 0 Å². The molecule has 1 rings (SSSR count). The van der Waals surface area contributed by atoms with Gasteiger partial charge in [0.25, 0.3) is 0 Å². The van der Waals surface area contributed by atoms with Gasteiger partial charge in [0, 0.05) is 12.8 Å². The predicted molar refractivity (Wildman–Crippen MR) is 223 cm³/mol. The monoisotopic (exact) mass is 838 g/mol. The maximum atomic E-state index is 13.4. The van der Waals surface area contributed by atoms with Gasteiger partial charge < -0.3 is 39.6 Å². The third kappa shape index (κ3) is 27.6. The number of aliphatic hydroxyl groups excluding tert-OH is 1. The molecule has 1 amide bonds. The first-order chi connectivity index (χ1) is 28.5. The summed E-state index contributed by atoms with van der Waals surface area (Å²) in [7, 11) is 0. The number of aliphatic carboxylic acids is 2. The van der Waals surface area contributed by atoms with Crippen molar-refractivity contribution >= 4 is 35.8 Å². The highest BCUT2D eigenvalue weighted by atomic mass is 16.7. The molecule has 14 nitrogen and oxygen atoms in total. The lowest BCUT2D eigenvalue weighted by Gasteiger charge is -2.44. The first-order valence-electron chi connectivity index (χ1n) is 22.4. The van der Waals surface area contributed by atoms with Crippen molar-refractivity contribution in [1.29, 1.82) is 0 Å². The first-order valence-corrected chi connectivity index (χ1v) is 22.4. The second-order valence-electron chi connectivity index (χ2n) is 15.4. The quantitative estimate of drug-likeness (QED) is 0.0202. The fraction of sp³-hybridized carbons (Fsp3) is 0.778. The number of allylic oxidation sites excluding steroid dienone is 4. The third-order valence-corrected chi connectivity index (χ3v) is 10.1. The second-order valence-corrected chi connectivity index (χ2v) is 15.4. The minimum atomic E-state index is -1.65. The van der Waals surface area contributed by atoms with E-state index in [1.807, 2.05) is 0 Å². The van der Waals surface area contributed by atoms with Crippen molar-refractivity contribution in [3.8, 4) is 0 Å². The fourth-order valence-corrected chi connectivity index (χ4v) is 6.73. The van der Waals surface area contributed by atoms with E-state index < -0.39 is 98.7 Å². The number of carboxylic acid groups (broad SMARTS) is 2. The number of esters is 3. The van der Waals surface area contributed by atoms with Gasteiger partial charge in [-0.05, 0) is 44.9 Å². The largest absolute Gasteiger partial charge is 0.481 e. The average molecular weight is 838 g/mol. The molecule has 0 aromatic heterocycles. The van der Waals surface area contributed by atoms with Crippen molar-refractivity contribution in [1.82, 2.24) is 5.32 Å². The van der Waals surface area contributed by atoms with Gasteiger partial charge in [-0.1, -0.05) is 128 Å². The van der Waals surface area contributed by atoms with E-state index in [1.165, 1.54) is 57.8 Å². The zero-order chi connectivity index (χ0) is 43.5. The minimum Gasteiger partial charge on any atom is -0.481 e. The van der Waals surface area contributed by atoms with E-state index in [4.69, 9.17) is 29.2 Å². The van der Waals surface area contributed by atoms with Crippen LogP contribution in [0.1, 0.15) is 187 Å². The van der Waals surface area contributed by atoms with Crippen molar-refractivity contribution in [2.45, 2.75) is 218 Å². The van der Waals surface area contributed by atoms with Crippen molar-refractivity contribution in [2.24, 2.45) is 0 Å². The van der Waals surface area contributed by atoms with E-state index in [9.17, 15) is 33.9 Å². The van der Waals surface area contributed by atoms with Crippen LogP contribution in [0.25, 0.3) is 0 Å². The number of nitrogens with one attached hydrogen (secondary N) is 1. The van der Waals surface area contributed by atoms with E-state index in [0.717, 1.165) is 64.2 Å². The van der Waals surface area contributed by atoms with E-state index >= 15 is 0 Å². The number of amides is 1. The molecule has 338 valence electrons.